The topological polar surface area (TPSA) is 9.23 Å². The Balaban J connectivity index is 2.99. The minimum absolute atomic E-state index is 0.206. The van der Waals surface area contributed by atoms with Crippen molar-refractivity contribution in [1.29, 1.82) is 0 Å². The minimum atomic E-state index is -4.46. The Hall–Kier alpha value is -0.250. The van der Waals surface area contributed by atoms with Gasteiger partial charge in [0, 0.05) is 0 Å². The highest BCUT2D eigenvalue weighted by Gasteiger charge is 2.28. The number of ether oxygens (including phenoxy) is 1. The predicted octanol–water partition coefficient (Wildman–Crippen LogP) is 4.48. The Kier molecular flexibility index (Phi) is 8.86. The molecule has 0 rings (SSSR count). The van der Waals surface area contributed by atoms with Gasteiger partial charge in [-0.3, -0.25) is 4.74 Å². The van der Waals surface area contributed by atoms with Crippen LogP contribution in [0, 0.1) is 6.92 Å². The van der Waals surface area contributed by atoms with Crippen molar-refractivity contribution in [2.75, 3.05) is 6.61 Å². The Morgan fingerprint density at radius 3 is 1.73 bits per heavy atom. The second-order valence-electron chi connectivity index (χ2n) is 3.62. The first kappa shape index (κ1) is 14.8. The molecule has 0 heterocycles. The summed E-state index contributed by atoms with van der Waals surface area (Å²) in [5.41, 5.74) is 0. The first-order valence-corrected chi connectivity index (χ1v) is 5.56. The van der Waals surface area contributed by atoms with E-state index in [4.69, 9.17) is 0 Å². The van der Waals surface area contributed by atoms with Gasteiger partial charge >= 0.3 is 6.36 Å². The van der Waals surface area contributed by atoms with Gasteiger partial charge < -0.3 is 0 Å². The molecule has 0 saturated heterocycles. The van der Waals surface area contributed by atoms with E-state index in [1.807, 2.05) is 0 Å². The number of hydrogen-bond donors (Lipinski definition) is 0. The third kappa shape index (κ3) is 13.8. The number of rotatable bonds is 9. The molecule has 91 valence electrons. The van der Waals surface area contributed by atoms with Gasteiger partial charge in [0.05, 0.1) is 6.61 Å². The summed E-state index contributed by atoms with van der Waals surface area (Å²) in [4.78, 5) is 0. The van der Waals surface area contributed by atoms with Gasteiger partial charge in [0.2, 0.25) is 0 Å². The fourth-order valence-electron chi connectivity index (χ4n) is 1.35. The zero-order valence-corrected chi connectivity index (χ0v) is 9.11. The van der Waals surface area contributed by atoms with E-state index in [1.54, 1.807) is 0 Å². The Morgan fingerprint density at radius 2 is 1.27 bits per heavy atom. The molecule has 0 aliphatic heterocycles. The zero-order chi connectivity index (χ0) is 11.6. The van der Waals surface area contributed by atoms with Crippen LogP contribution >= 0.6 is 0 Å². The SMILES string of the molecule is [CH2]CCCCCCCCCOC(F)(F)F. The van der Waals surface area contributed by atoms with Crippen LogP contribution < -0.4 is 0 Å². The number of unbranched alkanes of at least 4 members (excludes halogenated alkanes) is 7. The molecule has 1 radical (unpaired) electrons. The van der Waals surface area contributed by atoms with E-state index >= 15 is 0 Å². The highest BCUT2D eigenvalue weighted by atomic mass is 19.4. The summed E-state index contributed by atoms with van der Waals surface area (Å²) in [7, 11) is 0. The van der Waals surface area contributed by atoms with Crippen molar-refractivity contribution in [3.8, 4) is 0 Å². The fourth-order valence-corrected chi connectivity index (χ4v) is 1.35. The van der Waals surface area contributed by atoms with Gasteiger partial charge in [-0.25, -0.2) is 0 Å². The quantitative estimate of drug-likeness (QED) is 0.526. The molecule has 15 heavy (non-hydrogen) atoms. The fraction of sp³-hybridized carbons (Fsp3) is 0.909. The third-order valence-electron chi connectivity index (χ3n) is 2.16. The van der Waals surface area contributed by atoms with Crippen molar-refractivity contribution in [3.63, 3.8) is 0 Å². The van der Waals surface area contributed by atoms with E-state index in [0.29, 0.717) is 6.42 Å². The monoisotopic (exact) mass is 225 g/mol. The van der Waals surface area contributed by atoms with Gasteiger partial charge in [-0.15, -0.1) is 13.2 Å². The molecule has 0 aromatic rings. The molecule has 0 fully saturated rings. The maximum absolute atomic E-state index is 11.5. The smallest absolute Gasteiger partial charge is 0.292 e. The normalized spacial score (nSPS) is 12.0. The van der Waals surface area contributed by atoms with Crippen LogP contribution in [0.15, 0.2) is 0 Å². The lowest BCUT2D eigenvalue weighted by molar-refractivity contribution is -0.324. The molecule has 0 bridgehead atoms. The third-order valence-corrected chi connectivity index (χ3v) is 2.16. The van der Waals surface area contributed by atoms with Gasteiger partial charge in [-0.05, 0) is 6.42 Å². The van der Waals surface area contributed by atoms with Crippen LogP contribution in [-0.4, -0.2) is 13.0 Å². The average Bonchev–Trinajstić information content (AvgIpc) is 2.14. The number of halogens is 3. The Labute approximate surface area is 90.0 Å². The summed E-state index contributed by atoms with van der Waals surface area (Å²) in [6.07, 6.45) is 3.42. The van der Waals surface area contributed by atoms with E-state index in [0.717, 1.165) is 38.5 Å². The molecule has 0 amide bonds. The first-order valence-electron chi connectivity index (χ1n) is 5.56. The molecule has 0 aromatic heterocycles. The van der Waals surface area contributed by atoms with Crippen molar-refractivity contribution in [1.82, 2.24) is 0 Å². The molecule has 0 N–H and O–H groups in total. The summed E-state index contributed by atoms with van der Waals surface area (Å²) < 4.78 is 38.3. The van der Waals surface area contributed by atoms with E-state index in [9.17, 15) is 13.2 Å². The molecule has 0 atom stereocenters. The molecule has 0 spiro atoms. The van der Waals surface area contributed by atoms with E-state index in [1.165, 1.54) is 6.42 Å². The van der Waals surface area contributed by atoms with Crippen molar-refractivity contribution in [3.05, 3.63) is 6.92 Å². The standard InChI is InChI=1S/C11H20F3O/c1-2-3-4-5-6-7-8-9-10-15-11(12,13)14/h1-10H2. The summed E-state index contributed by atoms with van der Waals surface area (Å²) in [5, 5.41) is 0. The molecule has 4 heteroatoms. The van der Waals surface area contributed by atoms with Crippen LogP contribution in [0.25, 0.3) is 0 Å². The van der Waals surface area contributed by atoms with Crippen molar-refractivity contribution >= 4 is 0 Å². The highest BCUT2D eigenvalue weighted by Crippen LogP contribution is 2.17. The van der Waals surface area contributed by atoms with Crippen molar-refractivity contribution in [2.45, 2.75) is 57.7 Å². The van der Waals surface area contributed by atoms with Gasteiger partial charge in [0.1, 0.15) is 0 Å². The van der Waals surface area contributed by atoms with Crippen LogP contribution in [0.4, 0.5) is 13.2 Å². The molecule has 1 nitrogen and oxygen atoms in total. The second kappa shape index (κ2) is 9.01. The van der Waals surface area contributed by atoms with Gasteiger partial charge in [-0.1, -0.05) is 51.9 Å². The van der Waals surface area contributed by atoms with Gasteiger partial charge in [-0.2, -0.15) is 0 Å². The highest BCUT2D eigenvalue weighted by molar-refractivity contribution is 4.47. The Morgan fingerprint density at radius 1 is 0.800 bits per heavy atom. The maximum atomic E-state index is 11.5. The summed E-state index contributed by atoms with van der Waals surface area (Å²) >= 11 is 0. The van der Waals surface area contributed by atoms with Crippen molar-refractivity contribution in [2.24, 2.45) is 0 Å². The summed E-state index contributed by atoms with van der Waals surface area (Å²) in [6.45, 7) is 3.54. The maximum Gasteiger partial charge on any atom is 0.522 e. The van der Waals surface area contributed by atoms with Gasteiger partial charge in [0.25, 0.3) is 0 Å². The molecular formula is C11H20F3O. The molecule has 0 aromatic carbocycles. The lowest BCUT2D eigenvalue weighted by Crippen LogP contribution is -2.13. The van der Waals surface area contributed by atoms with Crippen LogP contribution in [0.2, 0.25) is 0 Å². The first-order chi connectivity index (χ1) is 7.06. The molecular weight excluding hydrogens is 205 g/mol. The summed E-state index contributed by atoms with van der Waals surface area (Å²) in [6, 6.07) is 0. The van der Waals surface area contributed by atoms with Crippen LogP contribution in [0.5, 0.6) is 0 Å². The molecule has 0 aliphatic carbocycles. The molecule has 0 saturated carbocycles. The van der Waals surface area contributed by atoms with Crippen LogP contribution in [-0.2, 0) is 4.74 Å². The lowest BCUT2D eigenvalue weighted by Gasteiger charge is -2.06. The lowest BCUT2D eigenvalue weighted by atomic mass is 10.1. The van der Waals surface area contributed by atoms with Crippen LogP contribution in [0.1, 0.15) is 51.4 Å². The van der Waals surface area contributed by atoms with E-state index in [-0.39, 0.29) is 6.61 Å². The summed E-state index contributed by atoms with van der Waals surface area (Å²) in [5.74, 6) is 0. The van der Waals surface area contributed by atoms with Crippen LogP contribution in [0.3, 0.4) is 0 Å². The zero-order valence-electron chi connectivity index (χ0n) is 9.11. The second-order valence-corrected chi connectivity index (χ2v) is 3.62. The number of alkyl halides is 3. The van der Waals surface area contributed by atoms with Crippen molar-refractivity contribution < 1.29 is 17.9 Å². The minimum Gasteiger partial charge on any atom is -0.292 e. The molecule has 0 unspecified atom stereocenters. The van der Waals surface area contributed by atoms with E-state index in [2.05, 4.69) is 11.7 Å². The van der Waals surface area contributed by atoms with Gasteiger partial charge in [0.15, 0.2) is 0 Å². The van der Waals surface area contributed by atoms with E-state index < -0.39 is 6.36 Å². The number of hydrogen-bond acceptors (Lipinski definition) is 1. The molecule has 0 aliphatic rings. The Bertz CT molecular complexity index is 134. The largest absolute Gasteiger partial charge is 0.522 e. The predicted molar refractivity (Wildman–Crippen MR) is 54.3 cm³/mol. The average molecular weight is 225 g/mol.